The number of carbonyl (C=O) groups is 1. The number of likely N-dealkylation sites (N-methyl/N-ethyl adjacent to an activating group) is 1. The first-order valence-corrected chi connectivity index (χ1v) is 8.06. The van der Waals surface area contributed by atoms with Gasteiger partial charge in [-0.15, -0.1) is 0 Å². The topological polar surface area (TPSA) is 78.7 Å². The molecular weight excluding hydrogens is 296 g/mol. The summed E-state index contributed by atoms with van der Waals surface area (Å²) < 4.78 is 0. The molecule has 1 aliphatic rings. The van der Waals surface area contributed by atoms with Gasteiger partial charge in [-0.25, -0.2) is 0 Å². The molecule has 1 aromatic carbocycles. The van der Waals surface area contributed by atoms with Crippen molar-refractivity contribution in [2.24, 2.45) is 0 Å². The quantitative estimate of drug-likeness (QED) is 0.633. The van der Waals surface area contributed by atoms with Gasteiger partial charge in [0, 0.05) is 38.3 Å². The number of nitro groups is 1. The molecule has 1 atom stereocenters. The molecule has 1 unspecified atom stereocenters. The summed E-state index contributed by atoms with van der Waals surface area (Å²) in [6.07, 6.45) is 0. The number of amides is 1. The van der Waals surface area contributed by atoms with Gasteiger partial charge in [0.1, 0.15) is 6.04 Å². The van der Waals surface area contributed by atoms with Crippen LogP contribution in [0.4, 0.5) is 5.69 Å². The molecule has 7 nitrogen and oxygen atoms in total. The first-order chi connectivity index (χ1) is 11.1. The molecule has 1 aliphatic heterocycles. The number of hydrogen-bond donors (Lipinski definition) is 1. The van der Waals surface area contributed by atoms with Crippen LogP contribution in [0.5, 0.6) is 0 Å². The van der Waals surface area contributed by atoms with Crippen molar-refractivity contribution in [1.29, 1.82) is 0 Å². The molecule has 0 saturated carbocycles. The Labute approximate surface area is 136 Å². The van der Waals surface area contributed by atoms with E-state index in [1.807, 2.05) is 18.7 Å². The summed E-state index contributed by atoms with van der Waals surface area (Å²) in [4.78, 5) is 27.4. The maximum atomic E-state index is 13.0. The number of carbonyl (C=O) groups excluding carboxylic acids is 1. The third kappa shape index (κ3) is 4.05. The largest absolute Gasteiger partial charge is 0.338 e. The van der Waals surface area contributed by atoms with Crippen molar-refractivity contribution >= 4 is 11.6 Å². The molecule has 1 heterocycles. The van der Waals surface area contributed by atoms with Crippen molar-refractivity contribution in [1.82, 2.24) is 15.1 Å². The highest BCUT2D eigenvalue weighted by molar-refractivity contribution is 5.83. The van der Waals surface area contributed by atoms with Crippen LogP contribution in [0.2, 0.25) is 0 Å². The first-order valence-electron chi connectivity index (χ1n) is 8.06. The number of benzene rings is 1. The zero-order valence-electron chi connectivity index (χ0n) is 13.7. The molecule has 1 amide bonds. The molecule has 1 saturated heterocycles. The fraction of sp³-hybridized carbons (Fsp3) is 0.562. The maximum Gasteiger partial charge on any atom is 0.269 e. The van der Waals surface area contributed by atoms with Gasteiger partial charge >= 0.3 is 0 Å². The summed E-state index contributed by atoms with van der Waals surface area (Å²) >= 11 is 0. The van der Waals surface area contributed by atoms with E-state index in [2.05, 4.69) is 10.2 Å². The Morgan fingerprint density at radius 2 is 1.83 bits per heavy atom. The maximum absolute atomic E-state index is 13.0. The van der Waals surface area contributed by atoms with Crippen molar-refractivity contribution in [2.75, 3.05) is 39.3 Å². The van der Waals surface area contributed by atoms with Gasteiger partial charge in [-0.05, 0) is 18.7 Å². The van der Waals surface area contributed by atoms with Crippen LogP contribution in [0.15, 0.2) is 24.3 Å². The van der Waals surface area contributed by atoms with E-state index in [9.17, 15) is 14.9 Å². The second kappa shape index (κ2) is 8.03. The van der Waals surface area contributed by atoms with Gasteiger partial charge in [0.05, 0.1) is 4.92 Å². The molecule has 126 valence electrons. The Hall–Kier alpha value is -1.99. The highest BCUT2D eigenvalue weighted by Gasteiger charge is 2.30. The average molecular weight is 320 g/mol. The number of rotatable bonds is 6. The minimum absolute atomic E-state index is 0.0432. The first kappa shape index (κ1) is 17.4. The molecule has 1 N–H and O–H groups in total. The van der Waals surface area contributed by atoms with Gasteiger partial charge in [0.15, 0.2) is 0 Å². The third-order valence-corrected chi connectivity index (χ3v) is 4.26. The number of hydrogen-bond acceptors (Lipinski definition) is 5. The Bertz CT molecular complexity index is 537. The molecule has 7 heteroatoms. The average Bonchev–Trinajstić information content (AvgIpc) is 2.60. The lowest BCUT2D eigenvalue weighted by molar-refractivity contribution is -0.384. The minimum atomic E-state index is -0.422. The van der Waals surface area contributed by atoms with E-state index in [4.69, 9.17) is 0 Å². The van der Waals surface area contributed by atoms with E-state index in [1.165, 1.54) is 12.1 Å². The SMILES string of the molecule is CCN(CC)C(C(=O)N1CCNCC1)c1ccc([N+](=O)[O-])cc1. The smallest absolute Gasteiger partial charge is 0.269 e. The summed E-state index contributed by atoms with van der Waals surface area (Å²) in [7, 11) is 0. The second-order valence-electron chi connectivity index (χ2n) is 5.55. The fourth-order valence-corrected chi connectivity index (χ4v) is 2.93. The van der Waals surface area contributed by atoms with Crippen molar-refractivity contribution in [2.45, 2.75) is 19.9 Å². The minimum Gasteiger partial charge on any atom is -0.338 e. The van der Waals surface area contributed by atoms with E-state index < -0.39 is 4.92 Å². The number of piperazine rings is 1. The molecule has 0 radical (unpaired) electrons. The predicted octanol–water partition coefficient (Wildman–Crippen LogP) is 1.41. The lowest BCUT2D eigenvalue weighted by Gasteiger charge is -2.35. The molecule has 2 rings (SSSR count). The normalized spacial score (nSPS) is 16.4. The zero-order chi connectivity index (χ0) is 16.8. The van der Waals surface area contributed by atoms with Crippen LogP contribution >= 0.6 is 0 Å². The van der Waals surface area contributed by atoms with Crippen molar-refractivity contribution in [3.63, 3.8) is 0 Å². The van der Waals surface area contributed by atoms with Crippen molar-refractivity contribution < 1.29 is 9.72 Å². The van der Waals surface area contributed by atoms with E-state index in [1.54, 1.807) is 12.1 Å². The lowest BCUT2D eigenvalue weighted by Crippen LogP contribution is -2.50. The Morgan fingerprint density at radius 3 is 2.30 bits per heavy atom. The summed E-state index contributed by atoms with van der Waals surface area (Å²) in [5.74, 6) is 0.0732. The van der Waals surface area contributed by atoms with Crippen LogP contribution in [0, 0.1) is 10.1 Å². The molecule has 0 bridgehead atoms. The molecule has 23 heavy (non-hydrogen) atoms. The molecule has 0 aliphatic carbocycles. The predicted molar refractivity (Wildman–Crippen MR) is 88.2 cm³/mol. The number of nitrogens with one attached hydrogen (secondary N) is 1. The van der Waals surface area contributed by atoms with Gasteiger partial charge in [0.25, 0.3) is 5.69 Å². The van der Waals surface area contributed by atoms with Gasteiger partial charge in [0.2, 0.25) is 5.91 Å². The monoisotopic (exact) mass is 320 g/mol. The Balaban J connectivity index is 2.29. The van der Waals surface area contributed by atoms with Crippen LogP contribution in [0.25, 0.3) is 0 Å². The summed E-state index contributed by atoms with van der Waals surface area (Å²) in [5.41, 5.74) is 0.851. The van der Waals surface area contributed by atoms with Gasteiger partial charge < -0.3 is 10.2 Å². The standard InChI is InChI=1S/C16H24N4O3/c1-3-18(4-2)15(16(21)19-11-9-17-10-12-19)13-5-7-14(8-6-13)20(22)23/h5-8,15,17H,3-4,9-12H2,1-2H3. The number of non-ortho nitro benzene ring substituents is 1. The highest BCUT2D eigenvalue weighted by atomic mass is 16.6. The van der Waals surface area contributed by atoms with E-state index in [0.29, 0.717) is 13.1 Å². The number of nitrogens with zero attached hydrogens (tertiary/aromatic N) is 3. The zero-order valence-corrected chi connectivity index (χ0v) is 13.7. The summed E-state index contributed by atoms with van der Waals surface area (Å²) in [6, 6.07) is 5.94. The Morgan fingerprint density at radius 1 is 1.26 bits per heavy atom. The van der Waals surface area contributed by atoms with Crippen LogP contribution in [0.3, 0.4) is 0 Å². The van der Waals surface area contributed by atoms with Gasteiger partial charge in [-0.1, -0.05) is 26.0 Å². The van der Waals surface area contributed by atoms with Crippen molar-refractivity contribution in [3.05, 3.63) is 39.9 Å². The van der Waals surface area contributed by atoms with E-state index in [0.717, 1.165) is 31.7 Å². The van der Waals surface area contributed by atoms with Crippen molar-refractivity contribution in [3.8, 4) is 0 Å². The Kier molecular flexibility index (Phi) is 6.06. The number of nitro benzene ring substituents is 1. The molecule has 1 aromatic rings. The summed E-state index contributed by atoms with van der Waals surface area (Å²) in [6.45, 7) is 8.53. The van der Waals surface area contributed by atoms with E-state index in [-0.39, 0.29) is 17.6 Å². The molecule has 0 aromatic heterocycles. The molecule has 0 spiro atoms. The second-order valence-corrected chi connectivity index (χ2v) is 5.55. The third-order valence-electron chi connectivity index (χ3n) is 4.26. The summed E-state index contributed by atoms with van der Waals surface area (Å²) in [5, 5.41) is 14.1. The van der Waals surface area contributed by atoms with Crippen LogP contribution < -0.4 is 5.32 Å². The van der Waals surface area contributed by atoms with Gasteiger partial charge in [-0.3, -0.25) is 19.8 Å². The van der Waals surface area contributed by atoms with Crippen LogP contribution in [-0.4, -0.2) is 59.9 Å². The van der Waals surface area contributed by atoms with E-state index >= 15 is 0 Å². The fourth-order valence-electron chi connectivity index (χ4n) is 2.93. The highest BCUT2D eigenvalue weighted by Crippen LogP contribution is 2.25. The molecule has 1 fully saturated rings. The van der Waals surface area contributed by atoms with Crippen LogP contribution in [0.1, 0.15) is 25.5 Å². The van der Waals surface area contributed by atoms with Crippen LogP contribution in [-0.2, 0) is 4.79 Å². The van der Waals surface area contributed by atoms with Gasteiger partial charge in [-0.2, -0.15) is 0 Å². The lowest BCUT2D eigenvalue weighted by atomic mass is 10.0. The molecular formula is C16H24N4O3.